The van der Waals surface area contributed by atoms with E-state index in [2.05, 4.69) is 87.7 Å². The number of amides is 1. The Balaban J connectivity index is 0.000000194. The summed E-state index contributed by atoms with van der Waals surface area (Å²) >= 11 is 0. The number of hydrogen-bond donors (Lipinski definition) is 1. The zero-order valence-corrected chi connectivity index (χ0v) is 25.1. The normalized spacial score (nSPS) is 13.3. The summed E-state index contributed by atoms with van der Waals surface area (Å²) in [6.07, 6.45) is 2.35. The zero-order valence-electron chi connectivity index (χ0n) is 25.1. The fourth-order valence-electron chi connectivity index (χ4n) is 5.44. The highest BCUT2D eigenvalue weighted by molar-refractivity contribution is 5.96. The number of nitrogens with two attached hydrogens (primary N) is 1. The molecule has 1 amide bonds. The summed E-state index contributed by atoms with van der Waals surface area (Å²) in [6, 6.07) is 29.1. The molecule has 1 aliphatic heterocycles. The summed E-state index contributed by atoms with van der Waals surface area (Å²) in [6.45, 7) is 4.94. The van der Waals surface area contributed by atoms with Crippen LogP contribution in [0.15, 0.2) is 84.9 Å². The lowest BCUT2D eigenvalue weighted by atomic mass is 9.98. The molecule has 6 rings (SSSR count). The molecule has 0 atom stereocenters. The number of ether oxygens (including phenoxy) is 2. The van der Waals surface area contributed by atoms with E-state index in [1.54, 1.807) is 20.3 Å². The van der Waals surface area contributed by atoms with Crippen molar-refractivity contribution in [2.45, 2.75) is 26.2 Å². The fraction of sp³-hybridized carbons (Fsp3) is 0.286. The lowest BCUT2D eigenvalue weighted by Gasteiger charge is -2.22. The standard InChI is InChI=1S/C19H27N5O3.C16H12/c1-4-6-17(25)23-7-5-8-24(10-9-23)19-21-14-12-16(27-3)15(26-2)11-13(14)18(20)22-19;1-2-7-13(8-3-1)16-12-6-10-14-9-4-5-11-15(14)16/h11-12H,4-10H2,1-3H3,(H2,20,21,22);1-12H. The average Bonchev–Trinajstić information content (AvgIpc) is 3.31. The lowest BCUT2D eigenvalue weighted by molar-refractivity contribution is -0.131. The first-order chi connectivity index (χ1) is 21.0. The van der Waals surface area contributed by atoms with E-state index in [9.17, 15) is 4.79 Å². The van der Waals surface area contributed by atoms with Gasteiger partial charge in [-0.1, -0.05) is 79.7 Å². The SMILES string of the molecule is CCCC(=O)N1CCCN(c2nc(N)c3cc(OC)c(OC)cc3n2)CC1.c1ccc(-c2cccc3ccccc23)cc1. The molecule has 1 fully saturated rings. The smallest absolute Gasteiger partial charge is 0.227 e. The summed E-state index contributed by atoms with van der Waals surface area (Å²) < 4.78 is 10.7. The molecule has 1 aromatic heterocycles. The number of benzene rings is 4. The Hall–Kier alpha value is -4.85. The number of aromatic nitrogens is 2. The Kier molecular flexibility index (Phi) is 9.56. The van der Waals surface area contributed by atoms with E-state index in [0.29, 0.717) is 48.3 Å². The summed E-state index contributed by atoms with van der Waals surface area (Å²) in [5.41, 5.74) is 9.48. The van der Waals surface area contributed by atoms with Crippen molar-refractivity contribution >= 4 is 39.3 Å². The number of methoxy groups -OCH3 is 2. The molecule has 0 unspecified atom stereocenters. The minimum absolute atomic E-state index is 0.218. The van der Waals surface area contributed by atoms with Gasteiger partial charge in [-0.3, -0.25) is 4.79 Å². The molecule has 2 heterocycles. The number of fused-ring (bicyclic) bond motifs is 2. The van der Waals surface area contributed by atoms with Gasteiger partial charge in [0.05, 0.1) is 19.7 Å². The molecule has 4 aromatic carbocycles. The van der Waals surface area contributed by atoms with Gasteiger partial charge in [-0.2, -0.15) is 4.98 Å². The van der Waals surface area contributed by atoms with E-state index < -0.39 is 0 Å². The van der Waals surface area contributed by atoms with Crippen LogP contribution in [-0.4, -0.2) is 61.2 Å². The zero-order chi connectivity index (χ0) is 30.2. The molecule has 0 saturated carbocycles. The van der Waals surface area contributed by atoms with Crippen LogP contribution in [0.4, 0.5) is 11.8 Å². The Morgan fingerprint density at radius 2 is 1.53 bits per heavy atom. The maximum Gasteiger partial charge on any atom is 0.227 e. The maximum atomic E-state index is 12.2. The number of anilines is 2. The van der Waals surface area contributed by atoms with E-state index in [1.807, 2.05) is 17.9 Å². The highest BCUT2D eigenvalue weighted by Gasteiger charge is 2.21. The number of nitrogen functional groups attached to an aromatic ring is 1. The van der Waals surface area contributed by atoms with Gasteiger partial charge in [0.15, 0.2) is 11.5 Å². The van der Waals surface area contributed by atoms with Crippen molar-refractivity contribution in [3.63, 3.8) is 0 Å². The third-order valence-corrected chi connectivity index (χ3v) is 7.69. The van der Waals surface area contributed by atoms with Crippen LogP contribution in [0.5, 0.6) is 11.5 Å². The second-order valence-electron chi connectivity index (χ2n) is 10.5. The van der Waals surface area contributed by atoms with Crippen LogP contribution in [0, 0.1) is 0 Å². The highest BCUT2D eigenvalue weighted by Crippen LogP contribution is 2.34. The topological polar surface area (TPSA) is 93.8 Å². The predicted molar refractivity (Wildman–Crippen MR) is 175 cm³/mol. The predicted octanol–water partition coefficient (Wildman–Crippen LogP) is 6.57. The maximum absolute atomic E-state index is 12.2. The quantitative estimate of drug-likeness (QED) is 0.244. The van der Waals surface area contributed by atoms with Gasteiger partial charge in [-0.15, -0.1) is 0 Å². The van der Waals surface area contributed by atoms with Gasteiger partial charge in [-0.25, -0.2) is 4.98 Å². The largest absolute Gasteiger partial charge is 0.493 e. The number of carbonyl (C=O) groups excluding carboxylic acids is 1. The van der Waals surface area contributed by atoms with Gasteiger partial charge >= 0.3 is 0 Å². The number of rotatable bonds is 6. The van der Waals surface area contributed by atoms with Crippen LogP contribution < -0.4 is 20.1 Å². The van der Waals surface area contributed by atoms with Crippen LogP contribution in [0.3, 0.4) is 0 Å². The molecule has 2 N–H and O–H groups in total. The summed E-state index contributed by atoms with van der Waals surface area (Å²) in [5, 5.41) is 3.34. The van der Waals surface area contributed by atoms with E-state index in [1.165, 1.54) is 21.9 Å². The summed E-state index contributed by atoms with van der Waals surface area (Å²) in [5.74, 6) is 2.39. The molecule has 0 radical (unpaired) electrons. The molecule has 0 spiro atoms. The fourth-order valence-corrected chi connectivity index (χ4v) is 5.44. The molecule has 222 valence electrons. The number of carbonyl (C=O) groups is 1. The second-order valence-corrected chi connectivity index (χ2v) is 10.5. The average molecular weight is 578 g/mol. The first-order valence-electron chi connectivity index (χ1n) is 14.8. The third-order valence-electron chi connectivity index (χ3n) is 7.69. The molecule has 8 nitrogen and oxygen atoms in total. The van der Waals surface area contributed by atoms with Crippen molar-refractivity contribution in [1.29, 1.82) is 0 Å². The van der Waals surface area contributed by atoms with Gasteiger partial charge in [-0.05, 0) is 40.8 Å². The Bertz CT molecular complexity index is 1690. The Morgan fingerprint density at radius 1 is 0.814 bits per heavy atom. The van der Waals surface area contributed by atoms with Crippen LogP contribution in [0.1, 0.15) is 26.2 Å². The van der Waals surface area contributed by atoms with Gasteiger partial charge in [0.25, 0.3) is 0 Å². The van der Waals surface area contributed by atoms with Crippen molar-refractivity contribution in [3.05, 3.63) is 84.9 Å². The first-order valence-corrected chi connectivity index (χ1v) is 14.8. The number of hydrogen-bond acceptors (Lipinski definition) is 7. The van der Waals surface area contributed by atoms with Crippen molar-refractivity contribution < 1.29 is 14.3 Å². The van der Waals surface area contributed by atoms with E-state index in [-0.39, 0.29) is 5.91 Å². The Labute approximate surface area is 253 Å². The van der Waals surface area contributed by atoms with E-state index >= 15 is 0 Å². The molecule has 43 heavy (non-hydrogen) atoms. The van der Waals surface area contributed by atoms with E-state index in [0.717, 1.165) is 31.3 Å². The van der Waals surface area contributed by atoms with Crippen molar-refractivity contribution in [2.24, 2.45) is 0 Å². The van der Waals surface area contributed by atoms with Crippen LogP contribution >= 0.6 is 0 Å². The molecule has 0 bridgehead atoms. The lowest BCUT2D eigenvalue weighted by Crippen LogP contribution is -2.35. The molecule has 8 heteroatoms. The van der Waals surface area contributed by atoms with E-state index in [4.69, 9.17) is 15.2 Å². The van der Waals surface area contributed by atoms with Gasteiger partial charge in [0, 0.05) is 44.1 Å². The van der Waals surface area contributed by atoms with Crippen LogP contribution in [0.2, 0.25) is 0 Å². The third kappa shape index (κ3) is 6.80. The monoisotopic (exact) mass is 577 g/mol. The minimum Gasteiger partial charge on any atom is -0.493 e. The number of nitrogens with zero attached hydrogens (tertiary/aromatic N) is 4. The summed E-state index contributed by atoms with van der Waals surface area (Å²) in [7, 11) is 3.17. The van der Waals surface area contributed by atoms with Crippen molar-refractivity contribution in [3.8, 4) is 22.6 Å². The summed E-state index contributed by atoms with van der Waals surface area (Å²) in [4.78, 5) is 25.4. The molecular formula is C35H39N5O3. The highest BCUT2D eigenvalue weighted by atomic mass is 16.5. The molecule has 1 saturated heterocycles. The first kappa shape index (κ1) is 29.6. The van der Waals surface area contributed by atoms with Gasteiger partial charge in [0.2, 0.25) is 11.9 Å². The van der Waals surface area contributed by atoms with Crippen molar-refractivity contribution in [2.75, 3.05) is 51.0 Å². The Morgan fingerprint density at radius 3 is 2.30 bits per heavy atom. The molecule has 5 aromatic rings. The molecule has 1 aliphatic rings. The van der Waals surface area contributed by atoms with Crippen LogP contribution in [0.25, 0.3) is 32.8 Å². The molecular weight excluding hydrogens is 538 g/mol. The van der Waals surface area contributed by atoms with Gasteiger partial charge < -0.3 is 25.0 Å². The van der Waals surface area contributed by atoms with Crippen LogP contribution in [-0.2, 0) is 4.79 Å². The van der Waals surface area contributed by atoms with Crippen molar-refractivity contribution in [1.82, 2.24) is 14.9 Å². The van der Waals surface area contributed by atoms with Gasteiger partial charge in [0.1, 0.15) is 5.82 Å². The second kappa shape index (κ2) is 13.9. The molecule has 0 aliphatic carbocycles. The minimum atomic E-state index is 0.218.